The Bertz CT molecular complexity index is 1470. The van der Waals surface area contributed by atoms with Gasteiger partial charge in [0.1, 0.15) is 6.04 Å². The number of pyridine rings is 1. The number of thiocarbonyl (C=S) groups is 1. The SMILES string of the molecule is CCC(=O)Nc1ccc(N2C(=S)NC(c3ccccn3)C2c2cccn2-c2ccc(Cl)cc2Cl)cc1C. The molecule has 2 aromatic heterocycles. The average Bonchev–Trinajstić information content (AvgIpc) is 3.50. The Kier molecular flexibility index (Phi) is 7.20. The van der Waals surface area contributed by atoms with E-state index in [4.69, 9.17) is 35.4 Å². The van der Waals surface area contributed by atoms with E-state index in [2.05, 4.69) is 31.2 Å². The monoisotopic (exact) mass is 549 g/mol. The van der Waals surface area contributed by atoms with Crippen LogP contribution in [0.3, 0.4) is 0 Å². The summed E-state index contributed by atoms with van der Waals surface area (Å²) in [4.78, 5) is 18.7. The molecule has 4 aromatic rings. The van der Waals surface area contributed by atoms with Crippen molar-refractivity contribution in [2.75, 3.05) is 10.2 Å². The molecule has 37 heavy (non-hydrogen) atoms. The standard InChI is InChI=1S/C28H25Cl2N5OS/c1-3-25(36)32-21-11-10-19(15-17(21)2)35-27(26(33-28(35)37)22-7-4-5-13-31-22)24-8-6-14-34(24)23-12-9-18(29)16-20(23)30/h4-16,26-27H,3H2,1-2H3,(H,32,36)(H,33,37). The summed E-state index contributed by atoms with van der Waals surface area (Å²) in [6.45, 7) is 3.81. The van der Waals surface area contributed by atoms with Gasteiger partial charge >= 0.3 is 0 Å². The Hall–Kier alpha value is -3.39. The van der Waals surface area contributed by atoms with E-state index < -0.39 is 0 Å². The lowest BCUT2D eigenvalue weighted by atomic mass is 10.00. The van der Waals surface area contributed by atoms with Crippen LogP contribution in [0.2, 0.25) is 10.0 Å². The lowest BCUT2D eigenvalue weighted by molar-refractivity contribution is -0.115. The van der Waals surface area contributed by atoms with Crippen molar-refractivity contribution >= 4 is 57.8 Å². The van der Waals surface area contributed by atoms with E-state index in [0.717, 1.165) is 34.0 Å². The number of hydrogen-bond donors (Lipinski definition) is 2. The van der Waals surface area contributed by atoms with Crippen molar-refractivity contribution in [1.82, 2.24) is 14.9 Å². The third kappa shape index (κ3) is 4.94. The van der Waals surface area contributed by atoms with Crippen LogP contribution in [0.5, 0.6) is 0 Å². The molecule has 0 saturated carbocycles. The van der Waals surface area contributed by atoms with Crippen LogP contribution >= 0.6 is 35.4 Å². The first-order chi connectivity index (χ1) is 17.9. The van der Waals surface area contributed by atoms with Gasteiger partial charge < -0.3 is 20.1 Å². The second-order valence-corrected chi connectivity index (χ2v) is 10.0. The van der Waals surface area contributed by atoms with Gasteiger partial charge in [-0.15, -0.1) is 0 Å². The number of nitrogens with one attached hydrogen (secondary N) is 2. The van der Waals surface area contributed by atoms with Gasteiger partial charge in [-0.25, -0.2) is 0 Å². The van der Waals surface area contributed by atoms with Crippen molar-refractivity contribution in [2.45, 2.75) is 32.4 Å². The van der Waals surface area contributed by atoms with E-state index in [1.807, 2.05) is 74.6 Å². The molecule has 0 spiro atoms. The van der Waals surface area contributed by atoms with E-state index in [-0.39, 0.29) is 18.0 Å². The maximum absolute atomic E-state index is 12.0. The summed E-state index contributed by atoms with van der Waals surface area (Å²) in [5, 5.41) is 8.16. The highest BCUT2D eigenvalue weighted by Gasteiger charge is 2.42. The summed E-state index contributed by atoms with van der Waals surface area (Å²) < 4.78 is 2.06. The molecule has 0 aliphatic carbocycles. The Balaban J connectivity index is 1.63. The molecule has 3 heterocycles. The molecular weight excluding hydrogens is 525 g/mol. The van der Waals surface area contributed by atoms with Gasteiger partial charge in [-0.1, -0.05) is 36.2 Å². The number of carbonyl (C=O) groups excluding carboxylic acids is 1. The highest BCUT2D eigenvalue weighted by atomic mass is 35.5. The summed E-state index contributed by atoms with van der Waals surface area (Å²) in [7, 11) is 0. The minimum atomic E-state index is -0.236. The van der Waals surface area contributed by atoms with E-state index in [1.54, 1.807) is 12.3 Å². The summed E-state index contributed by atoms with van der Waals surface area (Å²) in [6.07, 6.45) is 4.18. The average molecular weight is 551 g/mol. The van der Waals surface area contributed by atoms with Crippen LogP contribution in [0.25, 0.3) is 5.69 Å². The van der Waals surface area contributed by atoms with Gasteiger partial charge in [0.15, 0.2) is 5.11 Å². The van der Waals surface area contributed by atoms with Gasteiger partial charge in [0.05, 0.1) is 22.4 Å². The molecule has 188 valence electrons. The highest BCUT2D eigenvalue weighted by Crippen LogP contribution is 2.43. The third-order valence-electron chi connectivity index (χ3n) is 6.43. The first-order valence-electron chi connectivity index (χ1n) is 11.9. The van der Waals surface area contributed by atoms with Gasteiger partial charge in [0.2, 0.25) is 5.91 Å². The molecule has 1 saturated heterocycles. The molecule has 1 aliphatic rings. The number of benzene rings is 2. The molecule has 2 N–H and O–H groups in total. The van der Waals surface area contributed by atoms with Crippen LogP contribution < -0.4 is 15.5 Å². The molecule has 1 fully saturated rings. The smallest absolute Gasteiger partial charge is 0.224 e. The molecule has 0 radical (unpaired) electrons. The van der Waals surface area contributed by atoms with Crippen LogP contribution in [-0.4, -0.2) is 20.6 Å². The maximum atomic E-state index is 12.0. The zero-order valence-corrected chi connectivity index (χ0v) is 22.6. The number of rotatable bonds is 6. The number of carbonyl (C=O) groups is 1. The molecule has 2 atom stereocenters. The van der Waals surface area contributed by atoms with E-state index in [1.165, 1.54) is 0 Å². The largest absolute Gasteiger partial charge is 0.351 e. The Labute approximate surface area is 231 Å². The molecule has 6 nitrogen and oxygen atoms in total. The fourth-order valence-electron chi connectivity index (χ4n) is 4.64. The Morgan fingerprint density at radius 3 is 2.65 bits per heavy atom. The quantitative estimate of drug-likeness (QED) is 0.253. The molecule has 9 heteroatoms. The lowest BCUT2D eigenvalue weighted by Gasteiger charge is -2.29. The van der Waals surface area contributed by atoms with Crippen LogP contribution in [-0.2, 0) is 4.79 Å². The predicted octanol–water partition coefficient (Wildman–Crippen LogP) is 7.01. The van der Waals surface area contributed by atoms with Gasteiger partial charge in [-0.2, -0.15) is 0 Å². The Morgan fingerprint density at radius 1 is 1.11 bits per heavy atom. The van der Waals surface area contributed by atoms with Crippen molar-refractivity contribution in [1.29, 1.82) is 0 Å². The highest BCUT2D eigenvalue weighted by molar-refractivity contribution is 7.80. The molecule has 1 aliphatic heterocycles. The molecule has 2 unspecified atom stereocenters. The van der Waals surface area contributed by atoms with E-state index in [9.17, 15) is 4.79 Å². The number of nitrogens with zero attached hydrogens (tertiary/aromatic N) is 3. The topological polar surface area (TPSA) is 62.2 Å². The Morgan fingerprint density at radius 2 is 1.95 bits per heavy atom. The van der Waals surface area contributed by atoms with Gasteiger partial charge in [-0.05, 0) is 85.4 Å². The normalized spacial score (nSPS) is 17.1. The lowest BCUT2D eigenvalue weighted by Crippen LogP contribution is -2.30. The molecule has 1 amide bonds. The van der Waals surface area contributed by atoms with E-state index >= 15 is 0 Å². The zero-order chi connectivity index (χ0) is 26.1. The molecule has 0 bridgehead atoms. The maximum Gasteiger partial charge on any atom is 0.224 e. The van der Waals surface area contributed by atoms with Gasteiger partial charge in [-0.3, -0.25) is 9.78 Å². The first-order valence-corrected chi connectivity index (χ1v) is 13.1. The van der Waals surface area contributed by atoms with Crippen molar-refractivity contribution in [3.8, 4) is 5.69 Å². The van der Waals surface area contributed by atoms with Gasteiger partial charge in [0, 0.05) is 40.9 Å². The molecule has 5 rings (SSSR count). The minimum Gasteiger partial charge on any atom is -0.351 e. The van der Waals surface area contributed by atoms with Crippen molar-refractivity contribution in [2.24, 2.45) is 0 Å². The first kappa shape index (κ1) is 25.3. The molecule has 2 aromatic carbocycles. The van der Waals surface area contributed by atoms with Crippen molar-refractivity contribution < 1.29 is 4.79 Å². The number of aryl methyl sites for hydroxylation is 1. The number of anilines is 2. The zero-order valence-electron chi connectivity index (χ0n) is 20.3. The van der Waals surface area contributed by atoms with Crippen LogP contribution in [0.1, 0.15) is 42.4 Å². The third-order valence-corrected chi connectivity index (χ3v) is 7.29. The number of aromatic nitrogens is 2. The van der Waals surface area contributed by atoms with E-state index in [0.29, 0.717) is 21.6 Å². The van der Waals surface area contributed by atoms with Crippen LogP contribution in [0.4, 0.5) is 11.4 Å². The summed E-state index contributed by atoms with van der Waals surface area (Å²) in [5.41, 5.74) is 5.30. The fraction of sp³-hybridized carbons (Fsp3) is 0.179. The van der Waals surface area contributed by atoms with Gasteiger partial charge in [0.25, 0.3) is 0 Å². The van der Waals surface area contributed by atoms with Crippen molar-refractivity contribution in [3.05, 3.63) is 106 Å². The summed E-state index contributed by atoms with van der Waals surface area (Å²) in [6, 6.07) is 20.9. The second-order valence-electron chi connectivity index (χ2n) is 8.80. The molecular formula is C28H25Cl2N5OS. The van der Waals surface area contributed by atoms with Crippen LogP contribution in [0.15, 0.2) is 79.1 Å². The second kappa shape index (κ2) is 10.5. The number of hydrogen-bond acceptors (Lipinski definition) is 3. The predicted molar refractivity (Wildman–Crippen MR) is 154 cm³/mol. The fourth-order valence-corrected chi connectivity index (χ4v) is 5.49. The number of amides is 1. The van der Waals surface area contributed by atoms with Crippen LogP contribution in [0, 0.1) is 6.92 Å². The minimum absolute atomic E-state index is 0.0278. The number of halogens is 2. The summed E-state index contributed by atoms with van der Waals surface area (Å²) in [5.74, 6) is -0.0278. The van der Waals surface area contributed by atoms with Crippen molar-refractivity contribution in [3.63, 3.8) is 0 Å². The summed E-state index contributed by atoms with van der Waals surface area (Å²) >= 11 is 18.7.